The van der Waals surface area contributed by atoms with Crippen molar-refractivity contribution < 1.29 is 9.90 Å². The van der Waals surface area contributed by atoms with E-state index < -0.39 is 5.97 Å². The smallest absolute Gasteiger partial charge is 0.350 e. The Morgan fingerprint density at radius 3 is 2.94 bits per heavy atom. The lowest BCUT2D eigenvalue weighted by atomic mass is 10.5. The van der Waals surface area contributed by atoms with E-state index in [1.54, 1.807) is 30.3 Å². The fourth-order valence-electron chi connectivity index (χ4n) is 1.69. The number of fused-ring (bicyclic) bond motifs is 1. The minimum atomic E-state index is -0.889. The molecule has 0 saturated carbocycles. The Bertz CT molecular complexity index is 616. The standard InChI is InChI=1S/C11H14N4O3/c1-13(8-10(16)17)6-7-15-11(18)14-5-3-2-4-9(14)12-15/h2-5H,6-8H2,1H3,(H,16,17). The van der Waals surface area contributed by atoms with Gasteiger partial charge in [0.15, 0.2) is 5.65 Å². The molecule has 0 aliphatic carbocycles. The van der Waals surface area contributed by atoms with Gasteiger partial charge in [0.25, 0.3) is 0 Å². The monoisotopic (exact) mass is 250 g/mol. The largest absolute Gasteiger partial charge is 0.480 e. The number of aliphatic carboxylic acids is 1. The van der Waals surface area contributed by atoms with E-state index in [0.29, 0.717) is 18.7 Å². The summed E-state index contributed by atoms with van der Waals surface area (Å²) in [6, 6.07) is 5.32. The molecule has 0 aliphatic rings. The summed E-state index contributed by atoms with van der Waals surface area (Å²) in [6.45, 7) is 0.766. The van der Waals surface area contributed by atoms with Gasteiger partial charge < -0.3 is 5.11 Å². The van der Waals surface area contributed by atoms with E-state index in [1.807, 2.05) is 6.07 Å². The van der Waals surface area contributed by atoms with Gasteiger partial charge in [0.2, 0.25) is 0 Å². The van der Waals surface area contributed by atoms with Crippen LogP contribution in [0, 0.1) is 0 Å². The van der Waals surface area contributed by atoms with Crippen LogP contribution in [0.25, 0.3) is 5.65 Å². The normalized spacial score (nSPS) is 11.2. The van der Waals surface area contributed by atoms with Crippen molar-refractivity contribution in [3.05, 3.63) is 34.9 Å². The summed E-state index contributed by atoms with van der Waals surface area (Å²) < 4.78 is 2.80. The van der Waals surface area contributed by atoms with Crippen molar-refractivity contribution in [1.82, 2.24) is 19.1 Å². The molecule has 0 amide bonds. The first-order valence-corrected chi connectivity index (χ1v) is 5.52. The number of carboxylic acids is 1. The summed E-state index contributed by atoms with van der Waals surface area (Å²) in [5.74, 6) is -0.889. The molecule has 0 fully saturated rings. The molecule has 0 unspecified atom stereocenters. The van der Waals surface area contributed by atoms with Crippen LogP contribution in [0.2, 0.25) is 0 Å². The maximum absolute atomic E-state index is 11.9. The Hall–Kier alpha value is -2.15. The van der Waals surface area contributed by atoms with E-state index in [9.17, 15) is 9.59 Å². The molecule has 7 heteroatoms. The topological polar surface area (TPSA) is 79.8 Å². The highest BCUT2D eigenvalue weighted by Crippen LogP contribution is 1.95. The van der Waals surface area contributed by atoms with Gasteiger partial charge in [-0.15, -0.1) is 5.10 Å². The van der Waals surface area contributed by atoms with Crippen molar-refractivity contribution in [2.45, 2.75) is 6.54 Å². The number of pyridine rings is 1. The Labute approximate surface area is 103 Å². The van der Waals surface area contributed by atoms with E-state index in [0.717, 1.165) is 0 Å². The molecule has 0 spiro atoms. The molecule has 0 aliphatic heterocycles. The van der Waals surface area contributed by atoms with Crippen LogP contribution >= 0.6 is 0 Å². The molecule has 2 rings (SSSR count). The average molecular weight is 250 g/mol. The third kappa shape index (κ3) is 2.57. The summed E-state index contributed by atoms with van der Waals surface area (Å²) in [7, 11) is 1.69. The number of hydrogen-bond acceptors (Lipinski definition) is 4. The van der Waals surface area contributed by atoms with Crippen LogP contribution in [0.3, 0.4) is 0 Å². The number of nitrogens with zero attached hydrogens (tertiary/aromatic N) is 4. The van der Waals surface area contributed by atoms with Gasteiger partial charge in [-0.05, 0) is 19.2 Å². The van der Waals surface area contributed by atoms with E-state index in [2.05, 4.69) is 5.10 Å². The fourth-order valence-corrected chi connectivity index (χ4v) is 1.69. The van der Waals surface area contributed by atoms with Gasteiger partial charge in [0.05, 0.1) is 13.1 Å². The predicted molar refractivity (Wildman–Crippen MR) is 64.6 cm³/mol. The highest BCUT2D eigenvalue weighted by atomic mass is 16.4. The quantitative estimate of drug-likeness (QED) is 0.774. The van der Waals surface area contributed by atoms with E-state index in [1.165, 1.54) is 9.08 Å². The number of likely N-dealkylation sites (N-methyl/N-ethyl adjacent to an activating group) is 1. The number of carboxylic acid groups (broad SMARTS) is 1. The second-order valence-corrected chi connectivity index (χ2v) is 4.07. The zero-order valence-corrected chi connectivity index (χ0v) is 9.98. The maximum atomic E-state index is 11.9. The molecule has 2 heterocycles. The van der Waals surface area contributed by atoms with Crippen LogP contribution in [0.4, 0.5) is 0 Å². The number of rotatable bonds is 5. The SMILES string of the molecule is CN(CCn1nc2ccccn2c1=O)CC(=O)O. The van der Waals surface area contributed by atoms with E-state index >= 15 is 0 Å². The Kier molecular flexibility index (Phi) is 3.42. The highest BCUT2D eigenvalue weighted by Gasteiger charge is 2.08. The molecule has 0 saturated heterocycles. The average Bonchev–Trinajstić information content (AvgIpc) is 2.64. The number of hydrogen-bond donors (Lipinski definition) is 1. The van der Waals surface area contributed by atoms with Gasteiger partial charge in [-0.3, -0.25) is 14.1 Å². The molecule has 18 heavy (non-hydrogen) atoms. The van der Waals surface area contributed by atoms with Crippen LogP contribution in [-0.4, -0.2) is 50.3 Å². The first-order valence-electron chi connectivity index (χ1n) is 5.52. The van der Waals surface area contributed by atoms with Crippen LogP contribution < -0.4 is 5.69 Å². The minimum absolute atomic E-state index is 0.0535. The number of aromatic nitrogens is 3. The van der Waals surface area contributed by atoms with Crippen molar-refractivity contribution in [1.29, 1.82) is 0 Å². The van der Waals surface area contributed by atoms with Crippen molar-refractivity contribution in [3.8, 4) is 0 Å². The number of carbonyl (C=O) groups is 1. The molecule has 1 N–H and O–H groups in total. The zero-order valence-electron chi connectivity index (χ0n) is 9.98. The van der Waals surface area contributed by atoms with Crippen LogP contribution in [-0.2, 0) is 11.3 Å². The maximum Gasteiger partial charge on any atom is 0.350 e. The van der Waals surface area contributed by atoms with Crippen LogP contribution in [0.5, 0.6) is 0 Å². The summed E-state index contributed by atoms with van der Waals surface area (Å²) >= 11 is 0. The summed E-state index contributed by atoms with van der Waals surface area (Å²) in [5.41, 5.74) is 0.373. The molecule has 2 aromatic heterocycles. The lowest BCUT2D eigenvalue weighted by Gasteiger charge is -2.12. The third-order valence-corrected chi connectivity index (χ3v) is 2.59. The highest BCUT2D eigenvalue weighted by molar-refractivity contribution is 5.68. The first-order chi connectivity index (χ1) is 8.58. The molecule has 7 nitrogen and oxygen atoms in total. The van der Waals surface area contributed by atoms with Crippen molar-refractivity contribution in [2.24, 2.45) is 0 Å². The molecule has 0 radical (unpaired) electrons. The Morgan fingerprint density at radius 2 is 2.28 bits per heavy atom. The van der Waals surface area contributed by atoms with Crippen LogP contribution in [0.1, 0.15) is 0 Å². The lowest BCUT2D eigenvalue weighted by Crippen LogP contribution is -2.32. The van der Waals surface area contributed by atoms with Crippen molar-refractivity contribution in [3.63, 3.8) is 0 Å². The lowest BCUT2D eigenvalue weighted by molar-refractivity contribution is -0.138. The second-order valence-electron chi connectivity index (χ2n) is 4.07. The van der Waals surface area contributed by atoms with Crippen LogP contribution in [0.15, 0.2) is 29.2 Å². The minimum Gasteiger partial charge on any atom is -0.480 e. The Morgan fingerprint density at radius 1 is 1.50 bits per heavy atom. The summed E-state index contributed by atoms with van der Waals surface area (Å²) in [6.07, 6.45) is 1.65. The van der Waals surface area contributed by atoms with E-state index in [4.69, 9.17) is 5.11 Å². The summed E-state index contributed by atoms with van der Waals surface area (Å²) in [5, 5.41) is 12.8. The molecule has 0 atom stereocenters. The molecule has 0 aromatic carbocycles. The third-order valence-electron chi connectivity index (χ3n) is 2.59. The van der Waals surface area contributed by atoms with E-state index in [-0.39, 0.29) is 12.2 Å². The van der Waals surface area contributed by atoms with Gasteiger partial charge in [0.1, 0.15) is 0 Å². The molecular formula is C11H14N4O3. The van der Waals surface area contributed by atoms with Crippen molar-refractivity contribution in [2.75, 3.05) is 20.1 Å². The first kappa shape index (κ1) is 12.3. The molecular weight excluding hydrogens is 236 g/mol. The Balaban J connectivity index is 2.10. The van der Waals surface area contributed by atoms with Gasteiger partial charge in [0, 0.05) is 12.7 Å². The van der Waals surface area contributed by atoms with Crippen molar-refractivity contribution >= 4 is 11.6 Å². The van der Waals surface area contributed by atoms with Gasteiger partial charge in [-0.1, -0.05) is 6.07 Å². The van der Waals surface area contributed by atoms with Gasteiger partial charge >= 0.3 is 11.7 Å². The summed E-state index contributed by atoms with van der Waals surface area (Å²) in [4.78, 5) is 24.0. The molecule has 96 valence electrons. The van der Waals surface area contributed by atoms with Gasteiger partial charge in [-0.2, -0.15) is 0 Å². The predicted octanol–water partition coefficient (Wildman–Crippen LogP) is -0.488. The molecule has 0 bridgehead atoms. The molecule has 2 aromatic rings. The zero-order chi connectivity index (χ0) is 13.1. The van der Waals surface area contributed by atoms with Gasteiger partial charge in [-0.25, -0.2) is 9.48 Å². The fraction of sp³-hybridized carbons (Fsp3) is 0.364. The second kappa shape index (κ2) is 5.01.